The summed E-state index contributed by atoms with van der Waals surface area (Å²) in [5.41, 5.74) is 0.773. The fourth-order valence-electron chi connectivity index (χ4n) is 0.696. The summed E-state index contributed by atoms with van der Waals surface area (Å²) in [5, 5.41) is 0. The van der Waals surface area contributed by atoms with E-state index in [0.29, 0.717) is 4.90 Å². The van der Waals surface area contributed by atoms with Gasteiger partial charge in [0.2, 0.25) is 0 Å². The average Bonchev–Trinajstić information content (AvgIpc) is 1.88. The SMILES string of the molecule is Cc1cc[c]cc1[SH](=O)=O. The van der Waals surface area contributed by atoms with Crippen LogP contribution in [0.1, 0.15) is 5.56 Å². The van der Waals surface area contributed by atoms with Crippen LogP contribution in [0.15, 0.2) is 23.1 Å². The van der Waals surface area contributed by atoms with Crippen molar-refractivity contribution in [2.24, 2.45) is 0 Å². The predicted octanol–water partition coefficient (Wildman–Crippen LogP) is 0.766. The molecule has 1 rings (SSSR count). The third-order valence-electron chi connectivity index (χ3n) is 1.25. The van der Waals surface area contributed by atoms with Crippen LogP contribution in [-0.4, -0.2) is 8.42 Å². The molecule has 0 aliphatic rings. The molecule has 0 saturated carbocycles. The highest BCUT2D eigenvalue weighted by molar-refractivity contribution is 7.72. The standard InChI is InChI=1S/C7H7O2S/c1-6-4-2-3-5-7(6)10(8)9/h2,4-5,10H,1H3. The second kappa shape index (κ2) is 2.84. The Hall–Kier alpha value is -0.830. The van der Waals surface area contributed by atoms with Crippen molar-refractivity contribution >= 4 is 10.7 Å². The van der Waals surface area contributed by atoms with Crippen LogP contribution >= 0.6 is 0 Å². The number of thiol groups is 1. The van der Waals surface area contributed by atoms with Crippen molar-refractivity contribution < 1.29 is 8.42 Å². The molecule has 1 aromatic carbocycles. The molecule has 0 aliphatic carbocycles. The lowest BCUT2D eigenvalue weighted by Crippen LogP contribution is -1.83. The third kappa shape index (κ3) is 1.36. The van der Waals surface area contributed by atoms with E-state index in [1.165, 1.54) is 6.07 Å². The lowest BCUT2D eigenvalue weighted by atomic mass is 10.2. The van der Waals surface area contributed by atoms with Gasteiger partial charge in [0.1, 0.15) is 0 Å². The van der Waals surface area contributed by atoms with Gasteiger partial charge in [-0.15, -0.1) is 0 Å². The largest absolute Gasteiger partial charge is 0.227 e. The first-order chi connectivity index (χ1) is 4.72. The molecule has 0 bridgehead atoms. The van der Waals surface area contributed by atoms with Crippen LogP contribution in [0.2, 0.25) is 0 Å². The Kier molecular flexibility index (Phi) is 2.06. The molecule has 0 amide bonds. The molecule has 0 fully saturated rings. The minimum atomic E-state index is -2.45. The van der Waals surface area contributed by atoms with E-state index >= 15 is 0 Å². The fraction of sp³-hybridized carbons (Fsp3) is 0.143. The first-order valence-corrected chi connectivity index (χ1v) is 4.00. The van der Waals surface area contributed by atoms with Gasteiger partial charge in [0.05, 0.1) is 4.90 Å². The Morgan fingerprint density at radius 1 is 1.50 bits per heavy atom. The minimum Gasteiger partial charge on any atom is -0.227 e. The van der Waals surface area contributed by atoms with Gasteiger partial charge in [0.25, 0.3) is 0 Å². The lowest BCUT2D eigenvalue weighted by Gasteiger charge is -1.92. The van der Waals surface area contributed by atoms with E-state index in [0.717, 1.165) is 5.56 Å². The molecule has 0 aromatic heterocycles. The molecule has 0 N–H and O–H groups in total. The van der Waals surface area contributed by atoms with Crippen molar-refractivity contribution in [3.05, 3.63) is 29.8 Å². The zero-order valence-electron chi connectivity index (χ0n) is 5.50. The molecule has 0 aliphatic heterocycles. The summed E-state index contributed by atoms with van der Waals surface area (Å²) in [6.45, 7) is 1.76. The number of hydrogen-bond acceptors (Lipinski definition) is 2. The van der Waals surface area contributed by atoms with E-state index in [9.17, 15) is 8.42 Å². The van der Waals surface area contributed by atoms with Crippen LogP contribution < -0.4 is 0 Å². The second-order valence-corrected chi connectivity index (χ2v) is 2.97. The van der Waals surface area contributed by atoms with E-state index in [-0.39, 0.29) is 0 Å². The Morgan fingerprint density at radius 3 is 2.60 bits per heavy atom. The normalized spacial score (nSPS) is 10.2. The van der Waals surface area contributed by atoms with Crippen LogP contribution in [0.5, 0.6) is 0 Å². The average molecular weight is 155 g/mol. The molecule has 0 heterocycles. The van der Waals surface area contributed by atoms with Crippen LogP contribution in [0.4, 0.5) is 0 Å². The summed E-state index contributed by atoms with van der Waals surface area (Å²) >= 11 is 0. The molecular formula is C7H7O2S. The van der Waals surface area contributed by atoms with E-state index in [1.54, 1.807) is 19.1 Å². The highest BCUT2D eigenvalue weighted by Crippen LogP contribution is 2.06. The summed E-state index contributed by atoms with van der Waals surface area (Å²) < 4.78 is 20.9. The van der Waals surface area contributed by atoms with Gasteiger partial charge in [-0.05, 0) is 24.6 Å². The molecule has 1 radical (unpaired) electrons. The van der Waals surface area contributed by atoms with E-state index < -0.39 is 10.7 Å². The Balaban J connectivity index is 3.28. The Bertz CT molecular complexity index is 294. The molecule has 0 unspecified atom stereocenters. The molecule has 53 valence electrons. The molecule has 3 heteroatoms. The van der Waals surface area contributed by atoms with Crippen molar-refractivity contribution in [1.82, 2.24) is 0 Å². The second-order valence-electron chi connectivity index (χ2n) is 1.97. The molecule has 0 spiro atoms. The van der Waals surface area contributed by atoms with Crippen molar-refractivity contribution in [2.75, 3.05) is 0 Å². The maximum atomic E-state index is 10.4. The highest BCUT2D eigenvalue weighted by atomic mass is 32.2. The van der Waals surface area contributed by atoms with Gasteiger partial charge in [-0.2, -0.15) is 0 Å². The van der Waals surface area contributed by atoms with E-state index in [4.69, 9.17) is 0 Å². The topological polar surface area (TPSA) is 34.1 Å². The smallest absolute Gasteiger partial charge is 0.168 e. The van der Waals surface area contributed by atoms with Gasteiger partial charge in [-0.1, -0.05) is 12.1 Å². The van der Waals surface area contributed by atoms with E-state index in [2.05, 4.69) is 6.07 Å². The van der Waals surface area contributed by atoms with Crippen molar-refractivity contribution in [2.45, 2.75) is 11.8 Å². The maximum Gasteiger partial charge on any atom is 0.168 e. The van der Waals surface area contributed by atoms with Crippen molar-refractivity contribution in [3.8, 4) is 0 Å². The molecule has 0 atom stereocenters. The highest BCUT2D eigenvalue weighted by Gasteiger charge is 1.95. The molecule has 1 aromatic rings. The van der Waals surface area contributed by atoms with Crippen molar-refractivity contribution in [1.29, 1.82) is 0 Å². The van der Waals surface area contributed by atoms with Gasteiger partial charge in [-0.25, -0.2) is 8.42 Å². The number of rotatable bonds is 1. The molecule has 2 nitrogen and oxygen atoms in total. The van der Waals surface area contributed by atoms with Gasteiger partial charge in [0.15, 0.2) is 10.7 Å². The summed E-state index contributed by atoms with van der Waals surface area (Å²) in [6, 6.07) is 7.59. The summed E-state index contributed by atoms with van der Waals surface area (Å²) in [5.74, 6) is 0. The zero-order chi connectivity index (χ0) is 7.56. The third-order valence-corrected chi connectivity index (χ3v) is 2.13. The molecule has 0 saturated heterocycles. The maximum absolute atomic E-state index is 10.4. The monoisotopic (exact) mass is 155 g/mol. The van der Waals surface area contributed by atoms with Crippen LogP contribution in [0.25, 0.3) is 0 Å². The summed E-state index contributed by atoms with van der Waals surface area (Å²) in [6.07, 6.45) is 0. The van der Waals surface area contributed by atoms with Crippen LogP contribution in [0.3, 0.4) is 0 Å². The quantitative estimate of drug-likeness (QED) is 0.608. The molecule has 10 heavy (non-hydrogen) atoms. The lowest BCUT2D eigenvalue weighted by molar-refractivity contribution is 0.614. The van der Waals surface area contributed by atoms with Gasteiger partial charge in [-0.3, -0.25) is 0 Å². The zero-order valence-corrected chi connectivity index (χ0v) is 6.39. The van der Waals surface area contributed by atoms with Crippen LogP contribution in [0, 0.1) is 13.0 Å². The van der Waals surface area contributed by atoms with Gasteiger partial charge >= 0.3 is 0 Å². The van der Waals surface area contributed by atoms with Gasteiger partial charge in [0, 0.05) is 0 Å². The fourth-order valence-corrected chi connectivity index (χ4v) is 1.24. The number of aryl methyl sites for hydroxylation is 1. The van der Waals surface area contributed by atoms with Crippen molar-refractivity contribution in [3.63, 3.8) is 0 Å². The molecular weight excluding hydrogens is 148 g/mol. The van der Waals surface area contributed by atoms with Gasteiger partial charge < -0.3 is 0 Å². The first-order valence-electron chi connectivity index (χ1n) is 2.83. The number of hydrogen-bond donors (Lipinski definition) is 1. The Labute approximate surface area is 61.5 Å². The minimum absolute atomic E-state index is 0.359. The summed E-state index contributed by atoms with van der Waals surface area (Å²) in [4.78, 5) is 0.359. The van der Waals surface area contributed by atoms with Crippen LogP contribution in [-0.2, 0) is 10.7 Å². The number of benzene rings is 1. The summed E-state index contributed by atoms with van der Waals surface area (Å²) in [7, 11) is -2.45. The first kappa shape index (κ1) is 7.28. The predicted molar refractivity (Wildman–Crippen MR) is 38.6 cm³/mol. The van der Waals surface area contributed by atoms with E-state index in [1.807, 2.05) is 0 Å². The Morgan fingerprint density at radius 2 is 2.20 bits per heavy atom.